The molecule has 0 aliphatic heterocycles. The highest BCUT2D eigenvalue weighted by Crippen LogP contribution is 2.33. The third-order valence-corrected chi connectivity index (χ3v) is 5.68. The Morgan fingerprint density at radius 3 is 1.82 bits per heavy atom. The molecule has 0 bridgehead atoms. The molecule has 0 aliphatic rings. The molecule has 9 heteroatoms. The number of carbonyl (C=O) groups is 1. The van der Waals surface area contributed by atoms with Crippen LogP contribution in [0.5, 0.6) is 0 Å². The van der Waals surface area contributed by atoms with Crippen LogP contribution in [0.4, 0.5) is 0 Å². The molecule has 0 spiro atoms. The molecular weight excluding hydrogens is 502 g/mol. The molecule has 33 heavy (non-hydrogen) atoms. The first-order valence-corrected chi connectivity index (χ1v) is 10.9. The number of Topliss-reactive ketones (excluding diaryl/α,β-unsaturated/α-hetero) is 1. The van der Waals surface area contributed by atoms with Crippen molar-refractivity contribution in [3.05, 3.63) is 91.6 Å². The predicted molar refractivity (Wildman–Crippen MR) is 132 cm³/mol. The van der Waals surface area contributed by atoms with Gasteiger partial charge in [0, 0.05) is 34.3 Å². The molecule has 2 N–H and O–H groups in total. The fourth-order valence-electron chi connectivity index (χ4n) is 3.01. The molecule has 0 aliphatic carbocycles. The molecule has 0 amide bonds. The summed E-state index contributed by atoms with van der Waals surface area (Å²) in [7, 11) is 0. The van der Waals surface area contributed by atoms with E-state index in [-0.39, 0.29) is 5.78 Å². The van der Waals surface area contributed by atoms with E-state index in [9.17, 15) is 4.79 Å². The molecule has 0 fully saturated rings. The minimum atomic E-state index is -0.136. The van der Waals surface area contributed by atoms with Gasteiger partial charge in [-0.25, -0.2) is 0 Å². The fraction of sp³-hybridized carbons (Fsp3) is 0.0417. The Balaban J connectivity index is 0.000000189. The number of aromatic nitrogens is 2. The summed E-state index contributed by atoms with van der Waals surface area (Å²) in [6.45, 7) is 1.43. The number of benzene rings is 2. The molecule has 0 radical (unpaired) electrons. The van der Waals surface area contributed by atoms with E-state index in [1.54, 1.807) is 48.7 Å². The van der Waals surface area contributed by atoms with Gasteiger partial charge in [-0.2, -0.15) is 10.5 Å². The zero-order valence-electron chi connectivity index (χ0n) is 17.0. The normalized spacial score (nSPS) is 10.0. The van der Waals surface area contributed by atoms with Crippen molar-refractivity contribution in [2.24, 2.45) is 0 Å². The number of hydrogen-bond acceptors (Lipinski definition) is 3. The number of carbonyl (C=O) groups excluding carboxylic acids is 1. The Morgan fingerprint density at radius 1 is 0.788 bits per heavy atom. The van der Waals surface area contributed by atoms with Crippen LogP contribution in [0, 0.1) is 22.7 Å². The second kappa shape index (κ2) is 10.6. The Kier molecular flexibility index (Phi) is 7.87. The van der Waals surface area contributed by atoms with Gasteiger partial charge in [-0.05, 0) is 48.5 Å². The third kappa shape index (κ3) is 5.60. The van der Waals surface area contributed by atoms with Crippen LogP contribution in [0.25, 0.3) is 22.5 Å². The van der Waals surface area contributed by atoms with Crippen molar-refractivity contribution in [3.63, 3.8) is 0 Å². The van der Waals surface area contributed by atoms with Crippen LogP contribution in [0.3, 0.4) is 0 Å². The fourth-order valence-corrected chi connectivity index (χ4v) is 4.02. The minimum Gasteiger partial charge on any atom is -0.360 e. The summed E-state index contributed by atoms with van der Waals surface area (Å²) in [5, 5.41) is 20.0. The highest BCUT2D eigenvalue weighted by atomic mass is 35.5. The summed E-state index contributed by atoms with van der Waals surface area (Å²) in [5.74, 6) is -0.136. The van der Waals surface area contributed by atoms with Crippen LogP contribution >= 0.6 is 46.4 Å². The van der Waals surface area contributed by atoms with Crippen LogP contribution in [0.2, 0.25) is 20.1 Å². The van der Waals surface area contributed by atoms with Crippen LogP contribution in [0.15, 0.2) is 54.7 Å². The molecule has 0 saturated heterocycles. The molecule has 164 valence electrons. The number of ketones is 1. The van der Waals surface area contributed by atoms with Gasteiger partial charge >= 0.3 is 0 Å². The predicted octanol–water partition coefficient (Wildman–Crippen LogP) is 7.92. The van der Waals surface area contributed by atoms with E-state index in [0.717, 1.165) is 11.3 Å². The molecule has 5 nitrogen and oxygen atoms in total. The van der Waals surface area contributed by atoms with Gasteiger partial charge in [-0.3, -0.25) is 4.79 Å². The smallest absolute Gasteiger partial charge is 0.175 e. The summed E-state index contributed by atoms with van der Waals surface area (Å²) in [4.78, 5) is 17.2. The monoisotopic (exact) mass is 514 g/mol. The van der Waals surface area contributed by atoms with Crippen LogP contribution in [0.1, 0.15) is 28.5 Å². The molecule has 0 saturated carbocycles. The van der Waals surface area contributed by atoms with Crippen molar-refractivity contribution in [2.45, 2.75) is 6.92 Å². The zero-order chi connectivity index (χ0) is 24.1. The molecule has 0 unspecified atom stereocenters. The third-order valence-electron chi connectivity index (χ3n) is 4.59. The standard InChI is InChI=1S/C13H8Cl2N2O.C11H6Cl2N2/c1-7(18)12-4-8(6-16)13(17-12)10-3-2-9(14)5-11(10)15;12-8-1-2-9(10(13)5-8)11-7(6-14)3-4-15-11/h2-5,17H,1H3;1-5,15H. The number of H-pyrrole nitrogens is 2. The number of nitriles is 2. The maximum absolute atomic E-state index is 11.3. The summed E-state index contributed by atoms with van der Waals surface area (Å²) < 4.78 is 0. The van der Waals surface area contributed by atoms with E-state index in [0.29, 0.717) is 48.2 Å². The Hall–Kier alpha value is -3.19. The van der Waals surface area contributed by atoms with Gasteiger partial charge in [-0.15, -0.1) is 0 Å². The average Bonchev–Trinajstić information content (AvgIpc) is 3.41. The lowest BCUT2D eigenvalue weighted by molar-refractivity contribution is 0.101. The van der Waals surface area contributed by atoms with Crippen molar-refractivity contribution in [3.8, 4) is 34.7 Å². The second-order valence-corrected chi connectivity index (χ2v) is 8.45. The van der Waals surface area contributed by atoms with Gasteiger partial charge in [0.05, 0.1) is 38.3 Å². The van der Waals surface area contributed by atoms with E-state index < -0.39 is 0 Å². The number of rotatable bonds is 3. The van der Waals surface area contributed by atoms with Crippen molar-refractivity contribution < 1.29 is 4.79 Å². The molecule has 4 rings (SSSR count). The summed E-state index contributed by atoms with van der Waals surface area (Å²) in [5.41, 5.74) is 4.01. The van der Waals surface area contributed by atoms with Gasteiger partial charge in [0.1, 0.15) is 12.1 Å². The number of aromatic amines is 2. The van der Waals surface area contributed by atoms with E-state index in [4.69, 9.17) is 56.9 Å². The van der Waals surface area contributed by atoms with Crippen molar-refractivity contribution >= 4 is 52.2 Å². The molecule has 2 aromatic heterocycles. The lowest BCUT2D eigenvalue weighted by Gasteiger charge is -2.03. The minimum absolute atomic E-state index is 0.136. The van der Waals surface area contributed by atoms with Gasteiger partial charge < -0.3 is 9.97 Å². The first-order valence-electron chi connectivity index (χ1n) is 9.37. The summed E-state index contributed by atoms with van der Waals surface area (Å²) >= 11 is 23.7. The quantitative estimate of drug-likeness (QED) is 0.271. The number of halogens is 4. The van der Waals surface area contributed by atoms with Crippen molar-refractivity contribution in [1.29, 1.82) is 10.5 Å². The molecule has 2 aromatic carbocycles. The highest BCUT2D eigenvalue weighted by molar-refractivity contribution is 6.37. The average molecular weight is 516 g/mol. The lowest BCUT2D eigenvalue weighted by Crippen LogP contribution is -1.91. The Morgan fingerprint density at radius 2 is 1.33 bits per heavy atom. The first-order chi connectivity index (χ1) is 15.7. The maximum Gasteiger partial charge on any atom is 0.175 e. The molecule has 4 aromatic rings. The van der Waals surface area contributed by atoms with Crippen LogP contribution in [-0.4, -0.2) is 15.8 Å². The SMILES string of the molecule is CC(=O)c1cc(C#N)c(-c2ccc(Cl)cc2Cl)[nH]1.N#Cc1cc[nH]c1-c1ccc(Cl)cc1Cl. The van der Waals surface area contributed by atoms with Crippen molar-refractivity contribution in [2.75, 3.05) is 0 Å². The van der Waals surface area contributed by atoms with Crippen LogP contribution in [-0.2, 0) is 0 Å². The van der Waals surface area contributed by atoms with Gasteiger partial charge in [0.15, 0.2) is 5.78 Å². The van der Waals surface area contributed by atoms with Crippen LogP contribution < -0.4 is 0 Å². The second-order valence-electron chi connectivity index (χ2n) is 6.77. The van der Waals surface area contributed by atoms with E-state index in [1.165, 1.54) is 13.0 Å². The molecule has 2 heterocycles. The molecular formula is C24H14Cl4N4O. The summed E-state index contributed by atoms with van der Waals surface area (Å²) in [6, 6.07) is 17.5. The highest BCUT2D eigenvalue weighted by Gasteiger charge is 2.15. The maximum atomic E-state index is 11.3. The van der Waals surface area contributed by atoms with Crippen molar-refractivity contribution in [1.82, 2.24) is 9.97 Å². The number of hydrogen-bond donors (Lipinski definition) is 2. The van der Waals surface area contributed by atoms with Gasteiger partial charge in [0.25, 0.3) is 0 Å². The van der Waals surface area contributed by atoms with Gasteiger partial charge in [0.2, 0.25) is 0 Å². The number of nitrogens with zero attached hydrogens (tertiary/aromatic N) is 2. The zero-order valence-corrected chi connectivity index (χ0v) is 20.0. The molecule has 0 atom stereocenters. The largest absolute Gasteiger partial charge is 0.360 e. The summed E-state index contributed by atoms with van der Waals surface area (Å²) in [6.07, 6.45) is 1.71. The first kappa shape index (κ1) is 24.5. The van der Waals surface area contributed by atoms with E-state index in [1.807, 2.05) is 6.07 Å². The lowest BCUT2D eigenvalue weighted by atomic mass is 10.1. The van der Waals surface area contributed by atoms with E-state index in [2.05, 4.69) is 16.0 Å². The Labute approximate surface area is 210 Å². The Bertz CT molecular complexity index is 1420. The van der Waals surface area contributed by atoms with E-state index >= 15 is 0 Å². The topological polar surface area (TPSA) is 96.2 Å². The number of nitrogens with one attached hydrogen (secondary N) is 2. The van der Waals surface area contributed by atoms with Gasteiger partial charge in [-0.1, -0.05) is 46.4 Å².